The van der Waals surface area contributed by atoms with Crippen molar-refractivity contribution in [2.45, 2.75) is 40.2 Å². The van der Waals surface area contributed by atoms with Gasteiger partial charge in [-0.15, -0.1) is 0 Å². The predicted molar refractivity (Wildman–Crippen MR) is 105 cm³/mol. The van der Waals surface area contributed by atoms with Crippen LogP contribution in [-0.4, -0.2) is 46.9 Å². The lowest BCUT2D eigenvalue weighted by atomic mass is 10.2. The summed E-state index contributed by atoms with van der Waals surface area (Å²) in [6, 6.07) is 9.30. The van der Waals surface area contributed by atoms with Gasteiger partial charge in [0.15, 0.2) is 5.12 Å². The van der Waals surface area contributed by atoms with Crippen LogP contribution in [0.3, 0.4) is 0 Å². The van der Waals surface area contributed by atoms with E-state index < -0.39 is 17.5 Å². The van der Waals surface area contributed by atoms with E-state index in [4.69, 9.17) is 4.74 Å². The van der Waals surface area contributed by atoms with Crippen molar-refractivity contribution in [2.24, 2.45) is 5.92 Å². The summed E-state index contributed by atoms with van der Waals surface area (Å²) in [7, 11) is 1.72. The molecule has 0 radical (unpaired) electrons. The minimum atomic E-state index is -0.632. The van der Waals surface area contributed by atoms with Crippen molar-refractivity contribution in [1.29, 1.82) is 0 Å². The maximum Gasteiger partial charge on any atom is 0.328 e. The molecule has 26 heavy (non-hydrogen) atoms. The molecule has 6 nitrogen and oxygen atoms in total. The van der Waals surface area contributed by atoms with Crippen molar-refractivity contribution < 1.29 is 19.1 Å². The fourth-order valence-electron chi connectivity index (χ4n) is 2.18. The third-order valence-electron chi connectivity index (χ3n) is 3.40. The zero-order chi connectivity index (χ0) is 19.9. The molecule has 0 saturated carbocycles. The van der Waals surface area contributed by atoms with Gasteiger partial charge >= 0.3 is 5.97 Å². The molecule has 0 spiro atoms. The van der Waals surface area contributed by atoms with Crippen LogP contribution in [0.5, 0.6) is 0 Å². The number of carbonyl (C=O) groups is 3. The molecule has 0 saturated heterocycles. The van der Waals surface area contributed by atoms with E-state index in [0.717, 1.165) is 17.4 Å². The van der Waals surface area contributed by atoms with Crippen LogP contribution in [0.15, 0.2) is 30.3 Å². The van der Waals surface area contributed by atoms with Gasteiger partial charge in [0.25, 0.3) is 0 Å². The van der Waals surface area contributed by atoms with Crippen LogP contribution in [0.4, 0.5) is 5.69 Å². The van der Waals surface area contributed by atoms with Gasteiger partial charge in [-0.2, -0.15) is 0 Å². The molecule has 1 aromatic carbocycles. The molecule has 1 aromatic rings. The predicted octanol–water partition coefficient (Wildman–Crippen LogP) is 3.12. The van der Waals surface area contributed by atoms with E-state index in [0.29, 0.717) is 5.75 Å². The Hall–Kier alpha value is -2.02. The summed E-state index contributed by atoms with van der Waals surface area (Å²) in [4.78, 5) is 36.4. The molecule has 0 aliphatic heterocycles. The van der Waals surface area contributed by atoms with Crippen LogP contribution < -0.4 is 5.01 Å². The molecule has 0 unspecified atom stereocenters. The molecular formula is C19H28N2O4S. The highest BCUT2D eigenvalue weighted by molar-refractivity contribution is 8.13. The smallest absolute Gasteiger partial charge is 0.328 e. The lowest BCUT2D eigenvalue weighted by Crippen LogP contribution is -2.50. The van der Waals surface area contributed by atoms with Gasteiger partial charge < -0.3 is 4.74 Å². The molecule has 0 aliphatic carbocycles. The highest BCUT2D eigenvalue weighted by atomic mass is 32.2. The van der Waals surface area contributed by atoms with Crippen molar-refractivity contribution in [3.05, 3.63) is 30.3 Å². The zero-order valence-electron chi connectivity index (χ0n) is 16.3. The Labute approximate surface area is 159 Å². The number of amides is 1. The summed E-state index contributed by atoms with van der Waals surface area (Å²) in [5, 5.41) is 2.97. The highest BCUT2D eigenvalue weighted by Gasteiger charge is 2.28. The summed E-state index contributed by atoms with van der Waals surface area (Å²) in [5.74, 6) is -0.782. The van der Waals surface area contributed by atoms with Gasteiger partial charge in [-0.25, -0.2) is 5.01 Å². The van der Waals surface area contributed by atoms with E-state index in [-0.39, 0.29) is 17.6 Å². The second kappa shape index (κ2) is 9.62. The van der Waals surface area contributed by atoms with E-state index in [9.17, 15) is 14.4 Å². The Morgan fingerprint density at radius 1 is 1.15 bits per heavy atom. The number of benzene rings is 1. The number of hydrogen-bond acceptors (Lipinski definition) is 6. The molecule has 0 heterocycles. The van der Waals surface area contributed by atoms with Crippen molar-refractivity contribution in [2.75, 3.05) is 24.4 Å². The second-order valence-electron chi connectivity index (χ2n) is 7.05. The Kier molecular flexibility index (Phi) is 8.14. The zero-order valence-corrected chi connectivity index (χ0v) is 17.1. The maximum absolute atomic E-state index is 12.9. The number of nitrogens with zero attached hydrogens (tertiary/aromatic N) is 2. The van der Waals surface area contributed by atoms with Crippen molar-refractivity contribution in [1.82, 2.24) is 5.01 Å². The summed E-state index contributed by atoms with van der Waals surface area (Å²) in [6.45, 7) is 8.37. The van der Waals surface area contributed by atoms with Crippen LogP contribution in [0.25, 0.3) is 0 Å². The van der Waals surface area contributed by atoms with Crippen LogP contribution in [0.1, 0.15) is 34.6 Å². The molecule has 144 valence electrons. The molecule has 1 atom stereocenters. The van der Waals surface area contributed by atoms with Gasteiger partial charge in [0, 0.05) is 25.6 Å². The molecule has 0 bridgehead atoms. The first-order chi connectivity index (χ1) is 12.0. The van der Waals surface area contributed by atoms with Crippen LogP contribution in [0.2, 0.25) is 0 Å². The average Bonchev–Trinajstić information content (AvgIpc) is 2.55. The maximum atomic E-state index is 12.9. The number of rotatable bonds is 7. The summed E-state index contributed by atoms with van der Waals surface area (Å²) < 4.78 is 5.36. The Bertz CT molecular complexity index is 628. The monoisotopic (exact) mass is 380 g/mol. The standard InChI is InChI=1S/C19H28N2O4S/c1-14(13-26-15(2)22)18(24)21(12-17(23)25-19(3,4)5)20(6)16-10-8-7-9-11-16/h7-11,14H,12-13H2,1-6H3/t14-/m1/s1. The molecule has 7 heteroatoms. The lowest BCUT2D eigenvalue weighted by Gasteiger charge is -2.35. The largest absolute Gasteiger partial charge is 0.459 e. The molecule has 0 fully saturated rings. The van der Waals surface area contributed by atoms with Gasteiger partial charge in [0.05, 0.1) is 5.69 Å². The van der Waals surface area contributed by atoms with E-state index in [1.54, 1.807) is 39.8 Å². The van der Waals surface area contributed by atoms with Crippen molar-refractivity contribution in [3.8, 4) is 0 Å². The van der Waals surface area contributed by atoms with Gasteiger partial charge in [-0.3, -0.25) is 19.4 Å². The number of thioether (sulfide) groups is 1. The average molecular weight is 381 g/mol. The minimum Gasteiger partial charge on any atom is -0.459 e. The summed E-state index contributed by atoms with van der Waals surface area (Å²) in [5.41, 5.74) is 0.142. The molecule has 0 aliphatic rings. The van der Waals surface area contributed by atoms with Crippen molar-refractivity contribution in [3.63, 3.8) is 0 Å². The number of esters is 1. The fourth-order valence-corrected chi connectivity index (χ4v) is 2.81. The molecule has 1 rings (SSSR count). The van der Waals surface area contributed by atoms with Crippen molar-refractivity contribution >= 4 is 34.4 Å². The van der Waals surface area contributed by atoms with Crippen LogP contribution in [-0.2, 0) is 19.1 Å². The van der Waals surface area contributed by atoms with E-state index in [1.807, 2.05) is 30.3 Å². The molecular weight excluding hydrogens is 352 g/mol. The van der Waals surface area contributed by atoms with E-state index in [2.05, 4.69) is 0 Å². The number of hydrogen-bond donors (Lipinski definition) is 0. The first-order valence-corrected chi connectivity index (χ1v) is 9.45. The van der Waals surface area contributed by atoms with Gasteiger partial charge in [0.2, 0.25) is 5.91 Å². The Morgan fingerprint density at radius 3 is 2.23 bits per heavy atom. The first-order valence-electron chi connectivity index (χ1n) is 8.46. The van der Waals surface area contributed by atoms with Gasteiger partial charge in [0.1, 0.15) is 12.1 Å². The quantitative estimate of drug-likeness (QED) is 0.535. The second-order valence-corrected chi connectivity index (χ2v) is 8.24. The Balaban J connectivity index is 2.98. The van der Waals surface area contributed by atoms with Crippen LogP contribution >= 0.6 is 11.8 Å². The number of carbonyl (C=O) groups excluding carboxylic acids is 3. The topological polar surface area (TPSA) is 66.9 Å². The highest BCUT2D eigenvalue weighted by Crippen LogP contribution is 2.19. The fraction of sp³-hybridized carbons (Fsp3) is 0.526. The van der Waals surface area contributed by atoms with Gasteiger partial charge in [-0.1, -0.05) is 36.9 Å². The number of ether oxygens (including phenoxy) is 1. The lowest BCUT2D eigenvalue weighted by molar-refractivity contribution is -0.159. The summed E-state index contributed by atoms with van der Waals surface area (Å²) in [6.07, 6.45) is 0. The number of hydrazine groups is 1. The first kappa shape index (κ1) is 22.0. The normalized spacial score (nSPS) is 12.2. The molecule has 1 amide bonds. The Morgan fingerprint density at radius 2 is 1.73 bits per heavy atom. The van der Waals surface area contributed by atoms with E-state index >= 15 is 0 Å². The van der Waals surface area contributed by atoms with E-state index in [1.165, 1.54) is 11.9 Å². The minimum absolute atomic E-state index is 0.0419. The number of anilines is 1. The number of para-hydroxylation sites is 1. The third kappa shape index (κ3) is 7.47. The van der Waals surface area contributed by atoms with Crippen LogP contribution in [0, 0.1) is 5.92 Å². The molecule has 0 aromatic heterocycles. The molecule has 0 N–H and O–H groups in total. The van der Waals surface area contributed by atoms with Gasteiger partial charge in [-0.05, 0) is 32.9 Å². The summed E-state index contributed by atoms with van der Waals surface area (Å²) >= 11 is 1.10. The SMILES string of the molecule is CC(=O)SC[C@@H](C)C(=O)N(CC(=O)OC(C)(C)C)N(C)c1ccccc1. The third-order valence-corrected chi connectivity index (χ3v) is 4.48.